The Bertz CT molecular complexity index is 1390. The Labute approximate surface area is 215 Å². The van der Waals surface area contributed by atoms with Crippen LogP contribution in [0.25, 0.3) is 11.1 Å². The van der Waals surface area contributed by atoms with E-state index in [4.69, 9.17) is 11.6 Å². The summed E-state index contributed by atoms with van der Waals surface area (Å²) in [4.78, 5) is 38.5. The normalized spacial score (nSPS) is 10.4. The van der Waals surface area contributed by atoms with E-state index in [9.17, 15) is 19.7 Å². The van der Waals surface area contributed by atoms with Crippen molar-refractivity contribution in [3.63, 3.8) is 0 Å². The van der Waals surface area contributed by atoms with E-state index in [1.165, 1.54) is 16.4 Å². The molecule has 11 heteroatoms. The van der Waals surface area contributed by atoms with Gasteiger partial charge in [0, 0.05) is 35.9 Å². The van der Waals surface area contributed by atoms with Gasteiger partial charge in [-0.15, -0.1) is 0 Å². The number of hydrogen-bond donors (Lipinski definition) is 2. The number of nitrogens with one attached hydrogen (secondary N) is 2. The molecule has 0 fully saturated rings. The highest BCUT2D eigenvalue weighted by Crippen LogP contribution is 2.28. The number of rotatable bonds is 9. The summed E-state index contributed by atoms with van der Waals surface area (Å²) in [7, 11) is 0. The first-order valence-electron chi connectivity index (χ1n) is 10.5. The molecule has 1 aromatic heterocycles. The molecule has 0 aliphatic heterocycles. The molecule has 0 saturated heterocycles. The molecule has 2 amide bonds. The second-order valence-corrected chi connectivity index (χ2v) is 8.55. The smallest absolute Gasteiger partial charge is 0.270 e. The first-order valence-corrected chi connectivity index (χ1v) is 11.6. The number of aromatic nitrogens is 1. The lowest BCUT2D eigenvalue weighted by atomic mass is 10.0. The highest BCUT2D eigenvalue weighted by Gasteiger charge is 2.16. The van der Waals surface area contributed by atoms with Crippen molar-refractivity contribution in [2.75, 3.05) is 14.3 Å². The van der Waals surface area contributed by atoms with E-state index in [1.54, 1.807) is 36.7 Å². The summed E-state index contributed by atoms with van der Waals surface area (Å²) in [5.41, 5.74) is 3.62. The average molecular weight is 520 g/mol. The van der Waals surface area contributed by atoms with Crippen molar-refractivity contribution in [2.45, 2.75) is 0 Å². The number of pyridine rings is 1. The van der Waals surface area contributed by atoms with Crippen LogP contribution in [0.2, 0.25) is 5.02 Å². The summed E-state index contributed by atoms with van der Waals surface area (Å²) in [5, 5.41) is 13.8. The van der Waals surface area contributed by atoms with Crippen molar-refractivity contribution in [3.05, 3.63) is 112 Å². The Morgan fingerprint density at radius 3 is 2.19 bits per heavy atom. The van der Waals surface area contributed by atoms with Gasteiger partial charge in [-0.3, -0.25) is 24.7 Å². The van der Waals surface area contributed by atoms with Crippen LogP contribution < -0.4 is 14.3 Å². The minimum atomic E-state index is -0.586. The molecule has 0 unspecified atom stereocenters. The molecular formula is C25H18ClN5O4S. The summed E-state index contributed by atoms with van der Waals surface area (Å²) >= 11 is 7.19. The van der Waals surface area contributed by atoms with Crippen molar-refractivity contribution in [1.82, 2.24) is 4.98 Å². The van der Waals surface area contributed by atoms with Gasteiger partial charge in [0.25, 0.3) is 11.6 Å². The molecule has 0 spiro atoms. The molecule has 0 aliphatic carbocycles. The van der Waals surface area contributed by atoms with E-state index in [0.717, 1.165) is 41.4 Å². The fraction of sp³-hybridized carbons (Fsp3) is 0. The molecule has 0 atom stereocenters. The molecule has 3 aromatic carbocycles. The Kier molecular flexibility index (Phi) is 7.79. The van der Waals surface area contributed by atoms with Gasteiger partial charge >= 0.3 is 0 Å². The third kappa shape index (κ3) is 5.98. The fourth-order valence-electron chi connectivity index (χ4n) is 3.20. The highest BCUT2D eigenvalue weighted by atomic mass is 35.5. The standard InChI is InChI=1S/C25H18ClN5O4S/c26-24-10-9-22(31(34)35)15-23(24)25(33)28-19-5-1-17(2-6-19)18-3-7-21(8-4-18)30(16-32)36-29-20-11-13-27-14-12-20/h1-16H,(H,27,29)(H,28,33). The third-order valence-electron chi connectivity index (χ3n) is 5.04. The molecular weight excluding hydrogens is 502 g/mol. The number of nitrogens with zero attached hydrogens (tertiary/aromatic N) is 3. The molecule has 4 aromatic rings. The number of halogens is 1. The van der Waals surface area contributed by atoms with Crippen LogP contribution in [0.1, 0.15) is 10.4 Å². The van der Waals surface area contributed by atoms with Crippen molar-refractivity contribution < 1.29 is 14.5 Å². The first kappa shape index (κ1) is 24.7. The van der Waals surface area contributed by atoms with Gasteiger partial charge in [-0.05, 0) is 53.6 Å². The second kappa shape index (κ2) is 11.3. The maximum Gasteiger partial charge on any atom is 0.270 e. The Balaban J connectivity index is 1.41. The molecule has 0 bridgehead atoms. The zero-order chi connectivity index (χ0) is 25.5. The summed E-state index contributed by atoms with van der Waals surface area (Å²) < 4.78 is 4.54. The topological polar surface area (TPSA) is 117 Å². The van der Waals surface area contributed by atoms with Gasteiger partial charge < -0.3 is 10.0 Å². The van der Waals surface area contributed by atoms with E-state index in [-0.39, 0.29) is 16.3 Å². The minimum absolute atomic E-state index is 0.0153. The largest absolute Gasteiger partial charge is 0.322 e. The molecule has 9 nitrogen and oxygen atoms in total. The van der Waals surface area contributed by atoms with Crippen LogP contribution in [0, 0.1) is 10.1 Å². The monoisotopic (exact) mass is 519 g/mol. The molecule has 2 N–H and O–H groups in total. The van der Waals surface area contributed by atoms with Gasteiger partial charge in [0.05, 0.1) is 33.3 Å². The highest BCUT2D eigenvalue weighted by molar-refractivity contribution is 8.02. The first-order chi connectivity index (χ1) is 17.4. The lowest BCUT2D eigenvalue weighted by Gasteiger charge is -2.17. The van der Waals surface area contributed by atoms with E-state index in [1.807, 2.05) is 36.4 Å². The van der Waals surface area contributed by atoms with Crippen LogP contribution in [-0.2, 0) is 4.79 Å². The van der Waals surface area contributed by atoms with Crippen molar-refractivity contribution in [1.29, 1.82) is 0 Å². The number of benzene rings is 3. The number of anilines is 3. The zero-order valence-electron chi connectivity index (χ0n) is 18.5. The quantitative estimate of drug-likeness (QED) is 0.117. The zero-order valence-corrected chi connectivity index (χ0v) is 20.1. The van der Waals surface area contributed by atoms with Gasteiger partial charge in [-0.1, -0.05) is 35.9 Å². The third-order valence-corrected chi connectivity index (χ3v) is 6.19. The van der Waals surface area contributed by atoms with Crippen molar-refractivity contribution in [2.24, 2.45) is 0 Å². The molecule has 180 valence electrons. The lowest BCUT2D eigenvalue weighted by Crippen LogP contribution is -2.14. The summed E-state index contributed by atoms with van der Waals surface area (Å²) in [5.74, 6) is -0.548. The summed E-state index contributed by atoms with van der Waals surface area (Å²) in [6.07, 6.45) is 4.03. The second-order valence-electron chi connectivity index (χ2n) is 7.36. The number of non-ortho nitro benzene ring substituents is 1. The maximum atomic E-state index is 12.6. The van der Waals surface area contributed by atoms with Crippen LogP contribution in [0.3, 0.4) is 0 Å². The van der Waals surface area contributed by atoms with Crippen molar-refractivity contribution in [3.8, 4) is 11.1 Å². The van der Waals surface area contributed by atoms with Crippen molar-refractivity contribution >= 4 is 58.8 Å². The summed E-state index contributed by atoms with van der Waals surface area (Å²) in [6.45, 7) is 0. The molecule has 0 saturated carbocycles. The minimum Gasteiger partial charge on any atom is -0.322 e. The SMILES string of the molecule is O=CN(SNc1ccncc1)c1ccc(-c2ccc(NC(=O)c3cc([N+](=O)[O-])ccc3Cl)cc2)cc1. The van der Waals surface area contributed by atoms with Crippen LogP contribution in [-0.4, -0.2) is 22.2 Å². The van der Waals surface area contributed by atoms with Gasteiger partial charge in [0.1, 0.15) is 0 Å². The number of nitro groups is 1. The van der Waals surface area contributed by atoms with E-state index >= 15 is 0 Å². The van der Waals surface area contributed by atoms with E-state index < -0.39 is 10.8 Å². The van der Waals surface area contributed by atoms with Crippen LogP contribution in [0.5, 0.6) is 0 Å². The molecule has 0 radical (unpaired) electrons. The van der Waals surface area contributed by atoms with Gasteiger partial charge in [0.2, 0.25) is 6.41 Å². The Morgan fingerprint density at radius 1 is 0.944 bits per heavy atom. The maximum absolute atomic E-state index is 12.6. The number of hydrogen-bond acceptors (Lipinski definition) is 7. The van der Waals surface area contributed by atoms with Gasteiger partial charge in [-0.25, -0.2) is 4.31 Å². The molecule has 36 heavy (non-hydrogen) atoms. The molecule has 0 aliphatic rings. The fourth-order valence-corrected chi connectivity index (χ4v) is 4.02. The van der Waals surface area contributed by atoms with Crippen LogP contribution in [0.4, 0.5) is 22.7 Å². The Morgan fingerprint density at radius 2 is 1.58 bits per heavy atom. The lowest BCUT2D eigenvalue weighted by molar-refractivity contribution is -0.384. The van der Waals surface area contributed by atoms with E-state index in [0.29, 0.717) is 11.4 Å². The number of amides is 2. The predicted octanol–water partition coefficient (Wildman–Crippen LogP) is 6.20. The van der Waals surface area contributed by atoms with Crippen LogP contribution in [0.15, 0.2) is 91.3 Å². The molecule has 1 heterocycles. The van der Waals surface area contributed by atoms with Gasteiger partial charge in [-0.2, -0.15) is 0 Å². The number of carbonyl (C=O) groups excluding carboxylic acids is 2. The van der Waals surface area contributed by atoms with E-state index in [2.05, 4.69) is 15.0 Å². The molecule has 4 rings (SSSR count). The van der Waals surface area contributed by atoms with Crippen LogP contribution >= 0.6 is 23.7 Å². The number of nitro benzene ring substituents is 1. The predicted molar refractivity (Wildman–Crippen MR) is 142 cm³/mol. The Hall–Kier alpha value is -4.41. The number of carbonyl (C=O) groups is 2. The average Bonchev–Trinajstić information content (AvgIpc) is 2.90. The summed E-state index contributed by atoms with van der Waals surface area (Å²) in [6, 6.07) is 21.8. The van der Waals surface area contributed by atoms with Gasteiger partial charge in [0.15, 0.2) is 0 Å².